The Labute approximate surface area is 82.8 Å². The summed E-state index contributed by atoms with van der Waals surface area (Å²) in [7, 11) is 0. The topological polar surface area (TPSA) is 49.3 Å². The number of carbonyl (C=O) groups is 1. The molecule has 0 radical (unpaired) electrons. The molecular weight excluding hydrogens is 178 g/mol. The molecule has 1 aliphatic carbocycles. The molecule has 0 atom stereocenters. The van der Waals surface area contributed by atoms with E-state index in [1.165, 1.54) is 0 Å². The summed E-state index contributed by atoms with van der Waals surface area (Å²) in [6.07, 6.45) is 2.03. The van der Waals surface area contributed by atoms with Gasteiger partial charge in [0.05, 0.1) is 6.61 Å². The quantitative estimate of drug-likeness (QED) is 0.761. The number of nitrogens with one attached hydrogen (secondary N) is 1. The van der Waals surface area contributed by atoms with Crippen LogP contribution in [-0.2, 0) is 11.4 Å². The van der Waals surface area contributed by atoms with Gasteiger partial charge in [0, 0.05) is 11.6 Å². The minimum absolute atomic E-state index is 0.0385. The summed E-state index contributed by atoms with van der Waals surface area (Å²) in [6.45, 7) is 0.0385. The summed E-state index contributed by atoms with van der Waals surface area (Å²) in [6, 6.07) is 7.24. The zero-order valence-electron chi connectivity index (χ0n) is 7.86. The standard InChI is InChI=1S/C11H13NO2/c13-7-8-1-5-10(6-2-8)12-11(14)9-3-4-9/h1-2,5-6,9,13H,3-4,7H2,(H,12,14). The lowest BCUT2D eigenvalue weighted by atomic mass is 10.2. The highest BCUT2D eigenvalue weighted by atomic mass is 16.3. The van der Waals surface area contributed by atoms with Crippen LogP contribution >= 0.6 is 0 Å². The Bertz CT molecular complexity index is 328. The molecule has 3 nitrogen and oxygen atoms in total. The van der Waals surface area contributed by atoms with Gasteiger partial charge < -0.3 is 10.4 Å². The molecule has 74 valence electrons. The van der Waals surface area contributed by atoms with E-state index in [2.05, 4.69) is 5.32 Å². The van der Waals surface area contributed by atoms with Gasteiger partial charge in [-0.15, -0.1) is 0 Å². The number of benzene rings is 1. The van der Waals surface area contributed by atoms with E-state index in [1.807, 2.05) is 24.3 Å². The average molecular weight is 191 g/mol. The fourth-order valence-corrected chi connectivity index (χ4v) is 1.28. The molecule has 3 heteroatoms. The number of hydrogen-bond donors (Lipinski definition) is 2. The molecule has 1 aliphatic rings. The van der Waals surface area contributed by atoms with E-state index in [0.717, 1.165) is 24.1 Å². The smallest absolute Gasteiger partial charge is 0.227 e. The van der Waals surface area contributed by atoms with Crippen LogP contribution in [0.5, 0.6) is 0 Å². The molecule has 0 aliphatic heterocycles. The third kappa shape index (κ3) is 2.12. The molecule has 1 aromatic rings. The molecule has 0 heterocycles. The molecule has 0 saturated heterocycles. The van der Waals surface area contributed by atoms with Crippen molar-refractivity contribution in [2.24, 2.45) is 5.92 Å². The van der Waals surface area contributed by atoms with Crippen LogP contribution in [0.2, 0.25) is 0 Å². The van der Waals surface area contributed by atoms with E-state index in [0.29, 0.717) is 0 Å². The van der Waals surface area contributed by atoms with Gasteiger partial charge in [0.15, 0.2) is 0 Å². The lowest BCUT2D eigenvalue weighted by molar-refractivity contribution is -0.117. The summed E-state index contributed by atoms with van der Waals surface area (Å²) in [5.74, 6) is 0.342. The lowest BCUT2D eigenvalue weighted by Crippen LogP contribution is -2.13. The maximum atomic E-state index is 11.4. The number of aliphatic hydroxyl groups is 1. The van der Waals surface area contributed by atoms with Crippen molar-refractivity contribution >= 4 is 11.6 Å². The molecule has 0 bridgehead atoms. The number of rotatable bonds is 3. The zero-order chi connectivity index (χ0) is 9.97. The van der Waals surface area contributed by atoms with E-state index >= 15 is 0 Å². The van der Waals surface area contributed by atoms with Gasteiger partial charge in [0.2, 0.25) is 5.91 Å². The summed E-state index contributed by atoms with van der Waals surface area (Å²) in [5, 5.41) is 11.7. The minimum Gasteiger partial charge on any atom is -0.392 e. The highest BCUT2D eigenvalue weighted by Gasteiger charge is 2.29. The molecular formula is C11H13NO2. The van der Waals surface area contributed by atoms with E-state index in [4.69, 9.17) is 5.11 Å². The van der Waals surface area contributed by atoms with Crippen molar-refractivity contribution in [1.29, 1.82) is 0 Å². The van der Waals surface area contributed by atoms with E-state index < -0.39 is 0 Å². The SMILES string of the molecule is O=C(Nc1ccc(CO)cc1)C1CC1. The predicted octanol–water partition coefficient (Wildman–Crippen LogP) is 1.53. The third-order valence-corrected chi connectivity index (χ3v) is 2.35. The van der Waals surface area contributed by atoms with Gasteiger partial charge in [0.1, 0.15) is 0 Å². The van der Waals surface area contributed by atoms with Crippen molar-refractivity contribution in [2.75, 3.05) is 5.32 Å². The molecule has 1 amide bonds. The lowest BCUT2D eigenvalue weighted by Gasteiger charge is -2.04. The molecule has 1 aromatic carbocycles. The Morgan fingerprint density at radius 2 is 2.00 bits per heavy atom. The summed E-state index contributed by atoms with van der Waals surface area (Å²) >= 11 is 0. The summed E-state index contributed by atoms with van der Waals surface area (Å²) in [5.41, 5.74) is 1.66. The van der Waals surface area contributed by atoms with Gasteiger partial charge in [-0.3, -0.25) is 4.79 Å². The first kappa shape index (κ1) is 9.21. The third-order valence-electron chi connectivity index (χ3n) is 2.35. The first-order valence-electron chi connectivity index (χ1n) is 4.80. The Kier molecular flexibility index (Phi) is 2.50. The predicted molar refractivity (Wildman–Crippen MR) is 53.7 cm³/mol. The highest BCUT2D eigenvalue weighted by molar-refractivity contribution is 5.93. The van der Waals surface area contributed by atoms with Crippen LogP contribution in [0.25, 0.3) is 0 Å². The van der Waals surface area contributed by atoms with Gasteiger partial charge in [0.25, 0.3) is 0 Å². The largest absolute Gasteiger partial charge is 0.392 e. The first-order valence-corrected chi connectivity index (χ1v) is 4.80. The Morgan fingerprint density at radius 1 is 1.36 bits per heavy atom. The van der Waals surface area contributed by atoms with Crippen LogP contribution in [0.3, 0.4) is 0 Å². The first-order chi connectivity index (χ1) is 6.79. The van der Waals surface area contributed by atoms with Crippen molar-refractivity contribution < 1.29 is 9.90 Å². The number of amides is 1. The van der Waals surface area contributed by atoms with Gasteiger partial charge in [-0.05, 0) is 30.5 Å². The summed E-state index contributed by atoms with van der Waals surface area (Å²) in [4.78, 5) is 11.4. The Balaban J connectivity index is 1.98. The monoisotopic (exact) mass is 191 g/mol. The van der Waals surface area contributed by atoms with Crippen LogP contribution in [0.15, 0.2) is 24.3 Å². The van der Waals surface area contributed by atoms with Crippen molar-refractivity contribution in [3.05, 3.63) is 29.8 Å². The molecule has 2 N–H and O–H groups in total. The zero-order valence-corrected chi connectivity index (χ0v) is 7.86. The number of hydrogen-bond acceptors (Lipinski definition) is 2. The summed E-state index contributed by atoms with van der Waals surface area (Å²) < 4.78 is 0. The van der Waals surface area contributed by atoms with Gasteiger partial charge >= 0.3 is 0 Å². The number of aliphatic hydroxyl groups excluding tert-OH is 1. The Morgan fingerprint density at radius 3 is 2.50 bits per heavy atom. The van der Waals surface area contributed by atoms with E-state index in [-0.39, 0.29) is 18.4 Å². The number of carbonyl (C=O) groups excluding carboxylic acids is 1. The molecule has 1 saturated carbocycles. The van der Waals surface area contributed by atoms with Gasteiger partial charge in [-0.2, -0.15) is 0 Å². The van der Waals surface area contributed by atoms with Crippen molar-refractivity contribution in [3.8, 4) is 0 Å². The van der Waals surface area contributed by atoms with Crippen LogP contribution in [0.1, 0.15) is 18.4 Å². The molecule has 0 spiro atoms. The fraction of sp³-hybridized carbons (Fsp3) is 0.364. The molecule has 0 unspecified atom stereocenters. The molecule has 14 heavy (non-hydrogen) atoms. The van der Waals surface area contributed by atoms with E-state index in [1.54, 1.807) is 0 Å². The maximum absolute atomic E-state index is 11.4. The number of anilines is 1. The average Bonchev–Trinajstić information content (AvgIpc) is 3.02. The Hall–Kier alpha value is -1.35. The van der Waals surface area contributed by atoms with Crippen LogP contribution in [0.4, 0.5) is 5.69 Å². The van der Waals surface area contributed by atoms with E-state index in [9.17, 15) is 4.79 Å². The second kappa shape index (κ2) is 3.80. The van der Waals surface area contributed by atoms with Crippen LogP contribution in [0, 0.1) is 5.92 Å². The fourth-order valence-electron chi connectivity index (χ4n) is 1.28. The molecule has 0 aromatic heterocycles. The maximum Gasteiger partial charge on any atom is 0.227 e. The molecule has 1 fully saturated rings. The molecule has 2 rings (SSSR count). The highest BCUT2D eigenvalue weighted by Crippen LogP contribution is 2.30. The van der Waals surface area contributed by atoms with Crippen molar-refractivity contribution in [1.82, 2.24) is 0 Å². The normalized spacial score (nSPS) is 15.2. The minimum atomic E-state index is 0.0385. The van der Waals surface area contributed by atoms with Gasteiger partial charge in [-0.1, -0.05) is 12.1 Å². The van der Waals surface area contributed by atoms with Crippen molar-refractivity contribution in [3.63, 3.8) is 0 Å². The second-order valence-corrected chi connectivity index (χ2v) is 3.62. The second-order valence-electron chi connectivity index (χ2n) is 3.62. The van der Waals surface area contributed by atoms with Gasteiger partial charge in [-0.25, -0.2) is 0 Å². The van der Waals surface area contributed by atoms with Crippen LogP contribution < -0.4 is 5.32 Å². The van der Waals surface area contributed by atoms with Crippen LogP contribution in [-0.4, -0.2) is 11.0 Å². The van der Waals surface area contributed by atoms with Crippen molar-refractivity contribution in [2.45, 2.75) is 19.4 Å².